The normalized spacial score (nSPS) is 27.1. The number of likely N-dealkylation sites (tertiary alicyclic amines) is 1. The molecule has 0 spiro atoms. The number of hydrogen-bond donors (Lipinski definition) is 2. The Morgan fingerprint density at radius 3 is 2.57 bits per heavy atom. The Kier molecular flexibility index (Phi) is 4.71. The number of amides is 2. The van der Waals surface area contributed by atoms with Crippen molar-refractivity contribution >= 4 is 18.0 Å². The molecule has 23 heavy (non-hydrogen) atoms. The van der Waals surface area contributed by atoms with Gasteiger partial charge in [-0.1, -0.05) is 30.3 Å². The summed E-state index contributed by atoms with van der Waals surface area (Å²) in [4.78, 5) is 25.0. The number of hydrogen-bond acceptors (Lipinski definition) is 3. The number of carbonyl (C=O) groups is 2. The van der Waals surface area contributed by atoms with Crippen molar-refractivity contribution in [2.24, 2.45) is 16.8 Å². The van der Waals surface area contributed by atoms with E-state index in [0.717, 1.165) is 37.9 Å². The van der Waals surface area contributed by atoms with Gasteiger partial charge in [0.2, 0.25) is 5.91 Å². The quantitative estimate of drug-likeness (QED) is 0.802. The molecule has 1 aromatic rings. The molecule has 0 aromatic heterocycles. The lowest BCUT2D eigenvalue weighted by Crippen LogP contribution is -3.14. The first kappa shape index (κ1) is 15.7. The second-order valence-corrected chi connectivity index (χ2v) is 6.30. The van der Waals surface area contributed by atoms with E-state index in [1.807, 2.05) is 36.5 Å². The van der Waals surface area contributed by atoms with Crippen LogP contribution >= 0.6 is 0 Å². The van der Waals surface area contributed by atoms with Crippen molar-refractivity contribution in [3.63, 3.8) is 0 Å². The second kappa shape index (κ2) is 6.91. The number of hydrazone groups is 1. The fourth-order valence-corrected chi connectivity index (χ4v) is 3.39. The molecule has 6 nitrogen and oxygen atoms in total. The van der Waals surface area contributed by atoms with Gasteiger partial charge in [0, 0.05) is 31.4 Å². The third-order valence-corrected chi connectivity index (χ3v) is 4.77. The van der Waals surface area contributed by atoms with Gasteiger partial charge in [-0.3, -0.25) is 9.59 Å². The maximum Gasteiger partial charge on any atom is 0.298 e. The van der Waals surface area contributed by atoms with E-state index in [1.165, 1.54) is 4.90 Å². The molecule has 122 valence electrons. The molecule has 3 rings (SSSR count). The Bertz CT molecular complexity index is 594. The zero-order valence-corrected chi connectivity index (χ0v) is 13.1. The summed E-state index contributed by atoms with van der Waals surface area (Å²) in [7, 11) is 0. The first-order valence-electron chi connectivity index (χ1n) is 8.17. The minimum absolute atomic E-state index is 0.00580. The Morgan fingerprint density at radius 2 is 1.91 bits per heavy atom. The number of nitrogens with zero attached hydrogens (tertiary/aromatic N) is 2. The highest BCUT2D eigenvalue weighted by Gasteiger charge is 2.32. The standard InChI is InChI=1S/C17H22N4O2/c18-17(23)14-7-10-20(11-8-14)12-16(22)21-15(6-9-19-21)13-4-2-1-3-5-13/h1-5,9,14-15H,6-8,10-12H2,(H2,18,23)/p+1/t15-/m0/s1. The van der Waals surface area contributed by atoms with E-state index in [1.54, 1.807) is 5.01 Å². The van der Waals surface area contributed by atoms with Gasteiger partial charge in [0.1, 0.15) is 0 Å². The van der Waals surface area contributed by atoms with E-state index in [4.69, 9.17) is 5.73 Å². The molecule has 1 atom stereocenters. The van der Waals surface area contributed by atoms with Gasteiger partial charge in [-0.05, 0) is 5.56 Å². The van der Waals surface area contributed by atoms with E-state index in [0.29, 0.717) is 6.54 Å². The average Bonchev–Trinajstić information content (AvgIpc) is 3.06. The van der Waals surface area contributed by atoms with Crippen LogP contribution in [0.2, 0.25) is 0 Å². The van der Waals surface area contributed by atoms with E-state index in [9.17, 15) is 9.59 Å². The second-order valence-electron chi connectivity index (χ2n) is 6.30. The Balaban J connectivity index is 1.58. The van der Waals surface area contributed by atoms with Crippen LogP contribution in [0.1, 0.15) is 30.9 Å². The van der Waals surface area contributed by atoms with Gasteiger partial charge in [0.15, 0.2) is 6.54 Å². The number of benzene rings is 1. The summed E-state index contributed by atoms with van der Waals surface area (Å²) in [6.45, 7) is 2.05. The Morgan fingerprint density at radius 1 is 1.22 bits per heavy atom. The van der Waals surface area contributed by atoms with Crippen molar-refractivity contribution in [1.82, 2.24) is 5.01 Å². The fraction of sp³-hybridized carbons (Fsp3) is 0.471. The Labute approximate surface area is 135 Å². The molecule has 2 aliphatic heterocycles. The summed E-state index contributed by atoms with van der Waals surface area (Å²) >= 11 is 0. The van der Waals surface area contributed by atoms with E-state index >= 15 is 0 Å². The van der Waals surface area contributed by atoms with Crippen LogP contribution in [0.5, 0.6) is 0 Å². The van der Waals surface area contributed by atoms with Gasteiger partial charge in [-0.25, -0.2) is 5.01 Å². The van der Waals surface area contributed by atoms with E-state index in [-0.39, 0.29) is 23.8 Å². The van der Waals surface area contributed by atoms with Crippen molar-refractivity contribution in [3.8, 4) is 0 Å². The van der Waals surface area contributed by atoms with Crippen molar-refractivity contribution in [2.75, 3.05) is 19.6 Å². The van der Waals surface area contributed by atoms with Crippen LogP contribution in [0, 0.1) is 5.92 Å². The fourth-order valence-electron chi connectivity index (χ4n) is 3.39. The zero-order valence-electron chi connectivity index (χ0n) is 13.1. The van der Waals surface area contributed by atoms with Crippen LogP contribution in [0.4, 0.5) is 0 Å². The first-order valence-corrected chi connectivity index (χ1v) is 8.17. The van der Waals surface area contributed by atoms with E-state index in [2.05, 4.69) is 5.10 Å². The SMILES string of the molecule is NC(=O)C1CC[NH+](CC(=O)N2N=CC[C@H]2c2ccccc2)CC1. The maximum atomic E-state index is 12.6. The van der Waals surface area contributed by atoms with Crippen molar-refractivity contribution in [2.45, 2.75) is 25.3 Å². The molecular formula is C17H23N4O2+. The van der Waals surface area contributed by atoms with Gasteiger partial charge < -0.3 is 10.6 Å². The summed E-state index contributed by atoms with van der Waals surface area (Å²) in [6, 6.07) is 10.0. The van der Waals surface area contributed by atoms with Crippen LogP contribution in [-0.4, -0.2) is 42.7 Å². The molecule has 3 N–H and O–H groups in total. The highest BCUT2D eigenvalue weighted by Crippen LogP contribution is 2.27. The number of primary amides is 1. The first-order chi connectivity index (χ1) is 11.1. The molecule has 1 saturated heterocycles. The van der Waals surface area contributed by atoms with Gasteiger partial charge in [0.05, 0.1) is 19.1 Å². The topological polar surface area (TPSA) is 80.2 Å². The summed E-state index contributed by atoms with van der Waals surface area (Å²) in [5, 5.41) is 5.89. The average molecular weight is 315 g/mol. The predicted octanol–water partition coefficient (Wildman–Crippen LogP) is -0.274. The largest absolute Gasteiger partial charge is 0.369 e. The molecule has 1 fully saturated rings. The molecule has 1 aromatic carbocycles. The van der Waals surface area contributed by atoms with Crippen LogP contribution < -0.4 is 10.6 Å². The lowest BCUT2D eigenvalue weighted by Gasteiger charge is -2.29. The molecule has 2 aliphatic rings. The Hall–Kier alpha value is -2.21. The lowest BCUT2D eigenvalue weighted by molar-refractivity contribution is -0.898. The molecule has 0 aliphatic carbocycles. The summed E-state index contributed by atoms with van der Waals surface area (Å²) in [5.74, 6) is -0.209. The van der Waals surface area contributed by atoms with Gasteiger partial charge in [-0.2, -0.15) is 5.10 Å². The third-order valence-electron chi connectivity index (χ3n) is 4.77. The lowest BCUT2D eigenvalue weighted by atomic mass is 9.96. The minimum atomic E-state index is -0.219. The highest BCUT2D eigenvalue weighted by atomic mass is 16.2. The smallest absolute Gasteiger partial charge is 0.298 e. The monoisotopic (exact) mass is 315 g/mol. The molecule has 0 unspecified atom stereocenters. The molecule has 0 saturated carbocycles. The molecular weight excluding hydrogens is 292 g/mol. The van der Waals surface area contributed by atoms with Crippen LogP contribution in [0.15, 0.2) is 35.4 Å². The number of piperidine rings is 1. The summed E-state index contributed by atoms with van der Waals surface area (Å²) in [6.07, 6.45) is 4.10. The van der Waals surface area contributed by atoms with Gasteiger partial charge in [-0.15, -0.1) is 0 Å². The number of rotatable bonds is 4. The van der Waals surface area contributed by atoms with Crippen LogP contribution in [-0.2, 0) is 9.59 Å². The number of nitrogens with two attached hydrogens (primary N) is 1. The van der Waals surface area contributed by atoms with E-state index < -0.39 is 0 Å². The zero-order chi connectivity index (χ0) is 16.2. The van der Waals surface area contributed by atoms with Crippen LogP contribution in [0.25, 0.3) is 0 Å². The molecule has 0 bridgehead atoms. The number of quaternary nitrogens is 1. The molecule has 2 amide bonds. The maximum absolute atomic E-state index is 12.6. The highest BCUT2D eigenvalue weighted by molar-refractivity contribution is 5.80. The van der Waals surface area contributed by atoms with Crippen LogP contribution in [0.3, 0.4) is 0 Å². The third kappa shape index (κ3) is 3.59. The number of carbonyl (C=O) groups excluding carboxylic acids is 2. The van der Waals surface area contributed by atoms with Gasteiger partial charge in [0.25, 0.3) is 5.91 Å². The van der Waals surface area contributed by atoms with Gasteiger partial charge >= 0.3 is 0 Å². The molecule has 0 radical (unpaired) electrons. The van der Waals surface area contributed by atoms with Crippen molar-refractivity contribution < 1.29 is 14.5 Å². The molecule has 6 heteroatoms. The van der Waals surface area contributed by atoms with Crippen molar-refractivity contribution in [1.29, 1.82) is 0 Å². The predicted molar refractivity (Wildman–Crippen MR) is 86.6 cm³/mol. The molecule has 2 heterocycles. The minimum Gasteiger partial charge on any atom is -0.369 e. The van der Waals surface area contributed by atoms with Crippen molar-refractivity contribution in [3.05, 3.63) is 35.9 Å². The summed E-state index contributed by atoms with van der Waals surface area (Å²) < 4.78 is 0. The summed E-state index contributed by atoms with van der Waals surface area (Å²) in [5.41, 5.74) is 6.47. The number of nitrogens with one attached hydrogen (secondary N) is 1.